The van der Waals surface area contributed by atoms with E-state index in [0.717, 1.165) is 5.56 Å². The van der Waals surface area contributed by atoms with Crippen LogP contribution in [0.3, 0.4) is 0 Å². The van der Waals surface area contributed by atoms with Gasteiger partial charge in [0.2, 0.25) is 0 Å². The van der Waals surface area contributed by atoms with E-state index in [9.17, 15) is 8.42 Å². The highest BCUT2D eigenvalue weighted by molar-refractivity contribution is 7.92. The molecule has 3 N–H and O–H groups in total. The Morgan fingerprint density at radius 1 is 1.10 bits per heavy atom. The Morgan fingerprint density at radius 2 is 1.80 bits per heavy atom. The zero-order valence-electron chi connectivity index (χ0n) is 11.6. The molecule has 0 bridgehead atoms. The Labute approximate surface area is 118 Å². The van der Waals surface area contributed by atoms with Gasteiger partial charge in [0.15, 0.2) is 0 Å². The molecule has 0 amide bonds. The van der Waals surface area contributed by atoms with E-state index in [-0.39, 0.29) is 10.7 Å². The van der Waals surface area contributed by atoms with E-state index in [1.807, 2.05) is 6.92 Å². The maximum atomic E-state index is 12.5. The molecule has 0 radical (unpaired) electrons. The van der Waals surface area contributed by atoms with Gasteiger partial charge in [-0.05, 0) is 49.6 Å². The summed E-state index contributed by atoms with van der Waals surface area (Å²) in [4.78, 5) is 4.26. The lowest BCUT2D eigenvalue weighted by atomic mass is 10.1. The van der Waals surface area contributed by atoms with Gasteiger partial charge in [0, 0.05) is 11.9 Å². The van der Waals surface area contributed by atoms with Crippen LogP contribution >= 0.6 is 0 Å². The van der Waals surface area contributed by atoms with Gasteiger partial charge in [-0.2, -0.15) is 0 Å². The number of pyridine rings is 1. The Bertz CT molecular complexity index is 738. The summed E-state index contributed by atoms with van der Waals surface area (Å²) >= 11 is 0. The first-order valence-corrected chi connectivity index (χ1v) is 7.61. The van der Waals surface area contributed by atoms with Gasteiger partial charge >= 0.3 is 0 Å². The number of nitrogen functional groups attached to an aromatic ring is 1. The van der Waals surface area contributed by atoms with Crippen LogP contribution in [0.25, 0.3) is 0 Å². The van der Waals surface area contributed by atoms with Crippen LogP contribution in [0.15, 0.2) is 35.4 Å². The minimum atomic E-state index is -3.70. The summed E-state index contributed by atoms with van der Waals surface area (Å²) in [5.41, 5.74) is 8.40. The van der Waals surface area contributed by atoms with Crippen LogP contribution in [0, 0.1) is 20.8 Å². The van der Waals surface area contributed by atoms with Gasteiger partial charge in [-0.3, -0.25) is 4.72 Å². The van der Waals surface area contributed by atoms with Crippen molar-refractivity contribution in [3.63, 3.8) is 0 Å². The molecular weight excluding hydrogens is 274 g/mol. The maximum absolute atomic E-state index is 12.5. The predicted octanol–water partition coefficient (Wildman–Crippen LogP) is 2.39. The van der Waals surface area contributed by atoms with E-state index >= 15 is 0 Å². The van der Waals surface area contributed by atoms with E-state index in [0.29, 0.717) is 16.8 Å². The summed E-state index contributed by atoms with van der Waals surface area (Å²) in [6.45, 7) is 5.32. The van der Waals surface area contributed by atoms with Crippen LogP contribution in [0.4, 0.5) is 11.5 Å². The molecule has 5 nitrogen and oxygen atoms in total. The van der Waals surface area contributed by atoms with Crippen molar-refractivity contribution >= 4 is 21.5 Å². The Morgan fingerprint density at radius 3 is 2.40 bits per heavy atom. The number of anilines is 2. The van der Waals surface area contributed by atoms with Gasteiger partial charge in [-0.1, -0.05) is 12.1 Å². The molecule has 20 heavy (non-hydrogen) atoms. The molecule has 1 aromatic carbocycles. The molecule has 2 aromatic rings. The summed E-state index contributed by atoms with van der Waals surface area (Å²) in [5, 5.41) is 0. The first kappa shape index (κ1) is 14.3. The van der Waals surface area contributed by atoms with E-state index in [1.165, 1.54) is 0 Å². The van der Waals surface area contributed by atoms with Crippen LogP contribution in [0.1, 0.15) is 16.7 Å². The molecule has 106 valence electrons. The topological polar surface area (TPSA) is 85.1 Å². The molecule has 0 fully saturated rings. The standard InChI is InChI=1S/C14H17N3O2S/c1-9-4-7-13(16-8-9)17-20(18,19)14-10(2)5-6-12(15)11(14)3/h4-8H,15H2,1-3H3,(H,16,17). The van der Waals surface area contributed by atoms with Crippen molar-refractivity contribution in [2.45, 2.75) is 25.7 Å². The van der Waals surface area contributed by atoms with Crippen molar-refractivity contribution < 1.29 is 8.42 Å². The second kappa shape index (κ2) is 5.13. The first-order chi connectivity index (χ1) is 9.31. The molecule has 1 heterocycles. The lowest BCUT2D eigenvalue weighted by Crippen LogP contribution is -2.17. The van der Waals surface area contributed by atoms with Crippen LogP contribution in [0.5, 0.6) is 0 Å². The lowest BCUT2D eigenvalue weighted by molar-refractivity contribution is 0.600. The van der Waals surface area contributed by atoms with Crippen molar-refractivity contribution in [2.75, 3.05) is 10.5 Å². The largest absolute Gasteiger partial charge is 0.398 e. The van der Waals surface area contributed by atoms with Gasteiger partial charge in [-0.25, -0.2) is 13.4 Å². The molecule has 0 unspecified atom stereocenters. The second-order valence-electron chi connectivity index (χ2n) is 4.75. The number of hydrogen-bond acceptors (Lipinski definition) is 4. The predicted molar refractivity (Wildman–Crippen MR) is 80.1 cm³/mol. The molecule has 0 saturated carbocycles. The Kier molecular flexibility index (Phi) is 3.67. The van der Waals surface area contributed by atoms with Crippen LogP contribution < -0.4 is 10.5 Å². The quantitative estimate of drug-likeness (QED) is 0.850. The Balaban J connectivity index is 2.46. The second-order valence-corrected chi connectivity index (χ2v) is 6.37. The smallest absolute Gasteiger partial charge is 0.263 e. The van der Waals surface area contributed by atoms with Crippen LogP contribution in [0.2, 0.25) is 0 Å². The molecule has 0 spiro atoms. The number of sulfonamides is 1. The third kappa shape index (κ3) is 2.75. The average molecular weight is 291 g/mol. The molecule has 0 aliphatic rings. The fraction of sp³-hybridized carbons (Fsp3) is 0.214. The molecular formula is C14H17N3O2S. The normalized spacial score (nSPS) is 11.3. The van der Waals surface area contributed by atoms with E-state index in [2.05, 4.69) is 9.71 Å². The highest BCUT2D eigenvalue weighted by atomic mass is 32.2. The van der Waals surface area contributed by atoms with Gasteiger partial charge < -0.3 is 5.73 Å². The van der Waals surface area contributed by atoms with Crippen LogP contribution in [-0.4, -0.2) is 13.4 Å². The number of hydrogen-bond donors (Lipinski definition) is 2. The SMILES string of the molecule is Cc1ccc(NS(=O)(=O)c2c(C)ccc(N)c2C)nc1. The van der Waals surface area contributed by atoms with E-state index < -0.39 is 10.0 Å². The van der Waals surface area contributed by atoms with Gasteiger partial charge in [0.25, 0.3) is 10.0 Å². The number of nitrogens with two attached hydrogens (primary N) is 1. The minimum absolute atomic E-state index is 0.208. The Hall–Kier alpha value is -2.08. The molecule has 0 atom stereocenters. The number of aromatic nitrogens is 1. The van der Waals surface area contributed by atoms with E-state index in [1.54, 1.807) is 44.3 Å². The zero-order valence-corrected chi connectivity index (χ0v) is 12.5. The summed E-state index contributed by atoms with van der Waals surface area (Å²) in [7, 11) is -3.70. The summed E-state index contributed by atoms with van der Waals surface area (Å²) in [5.74, 6) is 0.289. The maximum Gasteiger partial charge on any atom is 0.263 e. The molecule has 6 heteroatoms. The highest BCUT2D eigenvalue weighted by Gasteiger charge is 2.21. The van der Waals surface area contributed by atoms with E-state index in [4.69, 9.17) is 5.73 Å². The lowest BCUT2D eigenvalue weighted by Gasteiger charge is -2.14. The zero-order chi connectivity index (χ0) is 14.9. The highest BCUT2D eigenvalue weighted by Crippen LogP contribution is 2.26. The van der Waals surface area contributed by atoms with Crippen molar-refractivity contribution in [3.8, 4) is 0 Å². The summed E-state index contributed by atoms with van der Waals surface area (Å²) < 4.78 is 27.4. The van der Waals surface area contributed by atoms with Gasteiger partial charge in [0.1, 0.15) is 5.82 Å². The summed E-state index contributed by atoms with van der Waals surface area (Å²) in [6, 6.07) is 6.82. The summed E-state index contributed by atoms with van der Waals surface area (Å²) in [6.07, 6.45) is 1.61. The van der Waals surface area contributed by atoms with Crippen molar-refractivity contribution in [1.82, 2.24) is 4.98 Å². The third-order valence-electron chi connectivity index (χ3n) is 3.06. The fourth-order valence-corrected chi connectivity index (χ4v) is 3.48. The van der Waals surface area contributed by atoms with Gasteiger partial charge in [0.05, 0.1) is 4.90 Å². The third-order valence-corrected chi connectivity index (χ3v) is 4.71. The van der Waals surface area contributed by atoms with Gasteiger partial charge in [-0.15, -0.1) is 0 Å². The van der Waals surface area contributed by atoms with Crippen molar-refractivity contribution in [3.05, 3.63) is 47.2 Å². The number of nitrogens with one attached hydrogen (secondary N) is 1. The number of aryl methyl sites for hydroxylation is 2. The molecule has 0 saturated heterocycles. The molecule has 0 aliphatic carbocycles. The molecule has 1 aromatic heterocycles. The fourth-order valence-electron chi connectivity index (χ4n) is 1.97. The minimum Gasteiger partial charge on any atom is -0.398 e. The average Bonchev–Trinajstić information content (AvgIpc) is 2.37. The first-order valence-electron chi connectivity index (χ1n) is 6.12. The van der Waals surface area contributed by atoms with Crippen LogP contribution in [-0.2, 0) is 10.0 Å². The molecule has 0 aliphatic heterocycles. The monoisotopic (exact) mass is 291 g/mol. The number of benzene rings is 1. The molecule has 2 rings (SSSR count). The van der Waals surface area contributed by atoms with Crippen molar-refractivity contribution in [2.24, 2.45) is 0 Å². The number of rotatable bonds is 3. The number of nitrogens with zero attached hydrogens (tertiary/aromatic N) is 1. The van der Waals surface area contributed by atoms with Crippen molar-refractivity contribution in [1.29, 1.82) is 0 Å².